The van der Waals surface area contributed by atoms with Crippen LogP contribution < -0.4 is 11.3 Å². The van der Waals surface area contributed by atoms with Crippen LogP contribution in [0.15, 0.2) is 28.7 Å². The number of carboxylic acids is 1. The highest BCUT2D eigenvalue weighted by Gasteiger charge is 2.16. The Morgan fingerprint density at radius 2 is 2.00 bits per heavy atom. The maximum absolute atomic E-state index is 10.7. The number of hydrazine groups is 1. The molecule has 5 heteroatoms. The number of hydrogen-bond acceptors (Lipinski definition) is 3. The Kier molecular flexibility index (Phi) is 3.41. The number of carbonyl (C=O) groups is 1. The van der Waals surface area contributed by atoms with Crippen LogP contribution in [0.1, 0.15) is 11.6 Å². The molecule has 1 atom stereocenters. The molecule has 0 aliphatic rings. The van der Waals surface area contributed by atoms with Gasteiger partial charge in [0, 0.05) is 4.47 Å². The second-order valence-electron chi connectivity index (χ2n) is 2.49. The molecular formula is C8H9BrN2O2. The molecule has 0 aliphatic carbocycles. The maximum atomic E-state index is 10.7. The lowest BCUT2D eigenvalue weighted by Gasteiger charge is -2.10. The van der Waals surface area contributed by atoms with Crippen LogP contribution in [-0.2, 0) is 4.79 Å². The van der Waals surface area contributed by atoms with Crippen molar-refractivity contribution >= 4 is 21.9 Å². The zero-order chi connectivity index (χ0) is 9.84. The van der Waals surface area contributed by atoms with Crippen LogP contribution in [0, 0.1) is 0 Å². The zero-order valence-corrected chi connectivity index (χ0v) is 8.28. The molecule has 70 valence electrons. The summed E-state index contributed by atoms with van der Waals surface area (Å²) in [5.41, 5.74) is 2.85. The van der Waals surface area contributed by atoms with Crippen molar-refractivity contribution in [3.05, 3.63) is 34.3 Å². The molecule has 0 bridgehead atoms. The van der Waals surface area contributed by atoms with E-state index in [0.717, 1.165) is 4.47 Å². The number of rotatable bonds is 3. The Morgan fingerprint density at radius 3 is 2.38 bits per heavy atom. The third-order valence-electron chi connectivity index (χ3n) is 1.62. The first-order chi connectivity index (χ1) is 6.15. The van der Waals surface area contributed by atoms with E-state index in [1.165, 1.54) is 0 Å². The van der Waals surface area contributed by atoms with Gasteiger partial charge in [0.2, 0.25) is 0 Å². The molecule has 4 nitrogen and oxygen atoms in total. The lowest BCUT2D eigenvalue weighted by Crippen LogP contribution is -2.33. The summed E-state index contributed by atoms with van der Waals surface area (Å²) in [4.78, 5) is 10.7. The fraction of sp³-hybridized carbons (Fsp3) is 0.125. The topological polar surface area (TPSA) is 75.3 Å². The standard InChI is InChI=1S/C8H9BrN2O2/c9-6-3-1-5(2-4-6)7(11-10)8(12)13/h1-4,7,11H,10H2,(H,12,13). The monoisotopic (exact) mass is 244 g/mol. The van der Waals surface area contributed by atoms with Crippen molar-refractivity contribution in [3.8, 4) is 0 Å². The molecular weight excluding hydrogens is 236 g/mol. The molecule has 0 radical (unpaired) electrons. The Hall–Kier alpha value is -0.910. The van der Waals surface area contributed by atoms with Crippen molar-refractivity contribution in [1.29, 1.82) is 0 Å². The van der Waals surface area contributed by atoms with Gasteiger partial charge in [-0.1, -0.05) is 28.1 Å². The van der Waals surface area contributed by atoms with Crippen molar-refractivity contribution in [2.24, 2.45) is 5.84 Å². The first kappa shape index (κ1) is 10.2. The van der Waals surface area contributed by atoms with Crippen molar-refractivity contribution in [2.45, 2.75) is 6.04 Å². The summed E-state index contributed by atoms with van der Waals surface area (Å²) in [5.74, 6) is 4.11. The Morgan fingerprint density at radius 1 is 1.46 bits per heavy atom. The minimum absolute atomic E-state index is 0.623. The smallest absolute Gasteiger partial charge is 0.326 e. The average Bonchev–Trinajstić information content (AvgIpc) is 2.09. The van der Waals surface area contributed by atoms with Crippen molar-refractivity contribution in [3.63, 3.8) is 0 Å². The first-order valence-electron chi connectivity index (χ1n) is 3.59. The first-order valence-corrected chi connectivity index (χ1v) is 4.39. The second kappa shape index (κ2) is 4.36. The summed E-state index contributed by atoms with van der Waals surface area (Å²) in [5, 5.41) is 8.74. The van der Waals surface area contributed by atoms with Crippen molar-refractivity contribution in [2.75, 3.05) is 0 Å². The van der Waals surface area contributed by atoms with Gasteiger partial charge in [0.1, 0.15) is 6.04 Å². The highest BCUT2D eigenvalue weighted by atomic mass is 79.9. The molecule has 0 saturated heterocycles. The predicted molar refractivity (Wildman–Crippen MR) is 51.8 cm³/mol. The van der Waals surface area contributed by atoms with Gasteiger partial charge in [-0.2, -0.15) is 0 Å². The lowest BCUT2D eigenvalue weighted by atomic mass is 10.1. The van der Waals surface area contributed by atoms with E-state index in [4.69, 9.17) is 10.9 Å². The molecule has 0 fully saturated rings. The van der Waals surface area contributed by atoms with Gasteiger partial charge in [-0.05, 0) is 17.7 Å². The molecule has 0 spiro atoms. The van der Waals surface area contributed by atoms with Gasteiger partial charge in [-0.15, -0.1) is 0 Å². The third-order valence-corrected chi connectivity index (χ3v) is 2.15. The molecule has 1 aromatic carbocycles. The second-order valence-corrected chi connectivity index (χ2v) is 3.41. The van der Waals surface area contributed by atoms with E-state index in [1.54, 1.807) is 24.3 Å². The molecule has 0 saturated carbocycles. The van der Waals surface area contributed by atoms with E-state index in [9.17, 15) is 4.79 Å². The fourth-order valence-electron chi connectivity index (χ4n) is 0.965. The highest BCUT2D eigenvalue weighted by Crippen LogP contribution is 2.16. The lowest BCUT2D eigenvalue weighted by molar-refractivity contribution is -0.139. The average molecular weight is 245 g/mol. The molecule has 0 amide bonds. The van der Waals surface area contributed by atoms with E-state index < -0.39 is 12.0 Å². The summed E-state index contributed by atoms with van der Waals surface area (Å²) < 4.78 is 0.900. The van der Waals surface area contributed by atoms with Gasteiger partial charge in [-0.25, -0.2) is 5.43 Å². The molecule has 1 unspecified atom stereocenters. The summed E-state index contributed by atoms with van der Waals surface area (Å²) in [7, 11) is 0. The largest absolute Gasteiger partial charge is 0.480 e. The molecule has 1 rings (SSSR count). The molecule has 0 heterocycles. The van der Waals surface area contributed by atoms with E-state index in [1.807, 2.05) is 0 Å². The predicted octanol–water partition coefficient (Wildman–Crippen LogP) is 1.04. The maximum Gasteiger partial charge on any atom is 0.326 e. The van der Waals surface area contributed by atoms with Gasteiger partial charge >= 0.3 is 5.97 Å². The minimum atomic E-state index is -0.996. The SMILES string of the molecule is NNC(C(=O)O)c1ccc(Br)cc1. The van der Waals surface area contributed by atoms with Gasteiger partial charge in [0.05, 0.1) is 0 Å². The summed E-state index contributed by atoms with van der Waals surface area (Å²) >= 11 is 3.25. The number of benzene rings is 1. The number of nitrogens with two attached hydrogens (primary N) is 1. The fourth-order valence-corrected chi connectivity index (χ4v) is 1.23. The van der Waals surface area contributed by atoms with Gasteiger partial charge < -0.3 is 5.11 Å². The Labute approximate surface area is 83.8 Å². The number of nitrogens with one attached hydrogen (secondary N) is 1. The number of aliphatic carboxylic acids is 1. The van der Waals surface area contributed by atoms with Gasteiger partial charge in [0.15, 0.2) is 0 Å². The Balaban J connectivity index is 2.92. The van der Waals surface area contributed by atoms with Crippen molar-refractivity contribution in [1.82, 2.24) is 5.43 Å². The van der Waals surface area contributed by atoms with Crippen LogP contribution in [0.25, 0.3) is 0 Å². The quantitative estimate of drug-likeness (QED) is 0.549. The highest BCUT2D eigenvalue weighted by molar-refractivity contribution is 9.10. The van der Waals surface area contributed by atoms with Gasteiger partial charge in [-0.3, -0.25) is 10.6 Å². The van der Waals surface area contributed by atoms with Crippen LogP contribution in [0.5, 0.6) is 0 Å². The van der Waals surface area contributed by atoms with Crippen LogP contribution in [0.2, 0.25) is 0 Å². The number of halogens is 1. The van der Waals surface area contributed by atoms with E-state index in [-0.39, 0.29) is 0 Å². The van der Waals surface area contributed by atoms with E-state index in [0.29, 0.717) is 5.56 Å². The normalized spacial score (nSPS) is 12.5. The van der Waals surface area contributed by atoms with Crippen LogP contribution in [0.4, 0.5) is 0 Å². The summed E-state index contributed by atoms with van der Waals surface area (Å²) in [6, 6.07) is 6.07. The zero-order valence-electron chi connectivity index (χ0n) is 6.70. The number of hydrogen-bond donors (Lipinski definition) is 3. The van der Waals surface area contributed by atoms with E-state index in [2.05, 4.69) is 21.4 Å². The molecule has 0 aliphatic heterocycles. The molecule has 4 N–H and O–H groups in total. The minimum Gasteiger partial charge on any atom is -0.480 e. The van der Waals surface area contributed by atoms with Crippen molar-refractivity contribution < 1.29 is 9.90 Å². The molecule has 13 heavy (non-hydrogen) atoms. The van der Waals surface area contributed by atoms with E-state index >= 15 is 0 Å². The summed E-state index contributed by atoms with van der Waals surface area (Å²) in [6.45, 7) is 0. The van der Waals surface area contributed by atoms with Crippen LogP contribution in [-0.4, -0.2) is 11.1 Å². The Bertz CT molecular complexity index is 300. The molecule has 0 aromatic heterocycles. The van der Waals surface area contributed by atoms with Crippen LogP contribution >= 0.6 is 15.9 Å². The third kappa shape index (κ3) is 2.51. The summed E-state index contributed by atoms with van der Waals surface area (Å²) in [6.07, 6.45) is 0. The molecule has 1 aromatic rings. The number of carboxylic acid groups (broad SMARTS) is 1. The van der Waals surface area contributed by atoms with Crippen LogP contribution in [0.3, 0.4) is 0 Å². The van der Waals surface area contributed by atoms with Gasteiger partial charge in [0.25, 0.3) is 0 Å².